The van der Waals surface area contributed by atoms with Crippen LogP contribution in [0.4, 0.5) is 0 Å². The summed E-state index contributed by atoms with van der Waals surface area (Å²) in [6, 6.07) is 1.69. The van der Waals surface area contributed by atoms with Gasteiger partial charge in [0.2, 0.25) is 10.0 Å². The first-order valence-corrected chi connectivity index (χ1v) is 9.13. The van der Waals surface area contributed by atoms with Crippen LogP contribution < -0.4 is 0 Å². The molecule has 6 heteroatoms. The maximum atomic E-state index is 12.7. The summed E-state index contributed by atoms with van der Waals surface area (Å²) in [5.74, 6) is 0.673. The van der Waals surface area contributed by atoms with Crippen molar-refractivity contribution in [3.05, 3.63) is 18.0 Å². The van der Waals surface area contributed by atoms with Crippen LogP contribution in [0.1, 0.15) is 39.8 Å². The van der Waals surface area contributed by atoms with Crippen LogP contribution in [-0.2, 0) is 22.4 Å². The Kier molecular flexibility index (Phi) is 6.55. The summed E-state index contributed by atoms with van der Waals surface area (Å²) in [6.07, 6.45) is 2.65. The summed E-state index contributed by atoms with van der Waals surface area (Å²) in [4.78, 5) is 0.347. The van der Waals surface area contributed by atoms with Crippen LogP contribution in [0.2, 0.25) is 0 Å². The zero-order valence-electron chi connectivity index (χ0n) is 12.8. The number of hydrogen-bond donors (Lipinski definition) is 0. The zero-order chi connectivity index (χ0) is 15.3. The first kappa shape index (κ1) is 17.5. The maximum Gasteiger partial charge on any atom is 0.244 e. The Labute approximate surface area is 127 Å². The predicted octanol–water partition coefficient (Wildman–Crippen LogP) is 3.30. The zero-order valence-corrected chi connectivity index (χ0v) is 14.3. The molecule has 0 radical (unpaired) electrons. The van der Waals surface area contributed by atoms with Crippen molar-refractivity contribution in [2.45, 2.75) is 51.4 Å². The number of halogens is 1. The van der Waals surface area contributed by atoms with Gasteiger partial charge in [-0.05, 0) is 18.9 Å². The van der Waals surface area contributed by atoms with E-state index in [0.29, 0.717) is 29.8 Å². The summed E-state index contributed by atoms with van der Waals surface area (Å²) >= 11 is 5.87. The fraction of sp³-hybridized carbons (Fsp3) is 0.714. The number of sulfonamides is 1. The van der Waals surface area contributed by atoms with Gasteiger partial charge in [0.05, 0.1) is 5.88 Å². The van der Waals surface area contributed by atoms with Gasteiger partial charge in [-0.15, -0.1) is 11.6 Å². The van der Waals surface area contributed by atoms with Gasteiger partial charge >= 0.3 is 0 Å². The van der Waals surface area contributed by atoms with Gasteiger partial charge < -0.3 is 4.57 Å². The second kappa shape index (κ2) is 7.48. The van der Waals surface area contributed by atoms with Crippen molar-refractivity contribution < 1.29 is 8.42 Å². The van der Waals surface area contributed by atoms with Gasteiger partial charge in [0.25, 0.3) is 0 Å². The van der Waals surface area contributed by atoms with E-state index in [1.165, 1.54) is 0 Å². The van der Waals surface area contributed by atoms with Gasteiger partial charge in [0.15, 0.2) is 0 Å². The molecule has 0 N–H and O–H groups in total. The lowest BCUT2D eigenvalue weighted by Gasteiger charge is -2.22. The monoisotopic (exact) mass is 320 g/mol. The topological polar surface area (TPSA) is 42.3 Å². The average Bonchev–Trinajstić information content (AvgIpc) is 2.87. The highest BCUT2D eigenvalue weighted by Gasteiger charge is 2.26. The number of nitrogens with zero attached hydrogens (tertiary/aromatic N) is 2. The third-order valence-corrected chi connectivity index (χ3v) is 5.82. The van der Waals surface area contributed by atoms with Crippen molar-refractivity contribution in [2.75, 3.05) is 13.1 Å². The van der Waals surface area contributed by atoms with Gasteiger partial charge in [-0.1, -0.05) is 27.2 Å². The van der Waals surface area contributed by atoms with Gasteiger partial charge in [-0.3, -0.25) is 0 Å². The Morgan fingerprint density at radius 2 is 2.00 bits per heavy atom. The Morgan fingerprint density at radius 1 is 1.35 bits per heavy atom. The summed E-state index contributed by atoms with van der Waals surface area (Å²) in [7, 11) is -3.42. The molecule has 0 bridgehead atoms. The van der Waals surface area contributed by atoms with Crippen molar-refractivity contribution in [1.82, 2.24) is 8.87 Å². The first-order valence-electron chi connectivity index (χ1n) is 7.15. The molecule has 4 nitrogen and oxygen atoms in total. The predicted molar refractivity (Wildman–Crippen MR) is 83.6 cm³/mol. The highest BCUT2D eigenvalue weighted by molar-refractivity contribution is 7.89. The van der Waals surface area contributed by atoms with E-state index in [9.17, 15) is 8.42 Å². The molecule has 20 heavy (non-hydrogen) atoms. The van der Waals surface area contributed by atoms with Crippen molar-refractivity contribution in [3.63, 3.8) is 0 Å². The third-order valence-electron chi connectivity index (χ3n) is 3.64. The molecule has 0 aliphatic carbocycles. The third kappa shape index (κ3) is 3.77. The van der Waals surface area contributed by atoms with E-state index in [-0.39, 0.29) is 0 Å². The minimum Gasteiger partial charge on any atom is -0.349 e. The van der Waals surface area contributed by atoms with E-state index >= 15 is 0 Å². The van der Waals surface area contributed by atoms with E-state index in [1.807, 2.05) is 18.4 Å². The second-order valence-corrected chi connectivity index (χ2v) is 7.26. The average molecular weight is 321 g/mol. The molecule has 0 amide bonds. The molecule has 1 rings (SSSR count). The Morgan fingerprint density at radius 3 is 2.40 bits per heavy atom. The molecule has 0 aliphatic heterocycles. The molecule has 1 heterocycles. The largest absolute Gasteiger partial charge is 0.349 e. The van der Waals surface area contributed by atoms with Crippen molar-refractivity contribution >= 4 is 21.6 Å². The van der Waals surface area contributed by atoms with Crippen LogP contribution in [0.3, 0.4) is 0 Å². The standard InChI is InChI=1S/C14H25ClN2O2S/c1-5-12(4)10-17(7-3)20(18,19)14-8-13(9-15)16(6-2)11-14/h8,11-12H,5-7,9-10H2,1-4H3. The molecule has 1 unspecified atom stereocenters. The summed E-state index contributed by atoms with van der Waals surface area (Å²) in [5.41, 5.74) is 0.840. The van der Waals surface area contributed by atoms with E-state index in [2.05, 4.69) is 13.8 Å². The van der Waals surface area contributed by atoms with E-state index < -0.39 is 10.0 Å². The van der Waals surface area contributed by atoms with Crippen molar-refractivity contribution in [2.24, 2.45) is 5.92 Å². The van der Waals surface area contributed by atoms with Crippen molar-refractivity contribution in [1.29, 1.82) is 0 Å². The number of hydrogen-bond acceptors (Lipinski definition) is 2. The molecular weight excluding hydrogens is 296 g/mol. The Bertz CT molecular complexity index is 504. The highest BCUT2D eigenvalue weighted by Crippen LogP contribution is 2.21. The van der Waals surface area contributed by atoms with Crippen LogP contribution in [0, 0.1) is 5.92 Å². The summed E-state index contributed by atoms with van der Waals surface area (Å²) < 4.78 is 28.8. The summed E-state index contributed by atoms with van der Waals surface area (Å²) in [5, 5.41) is 0. The lowest BCUT2D eigenvalue weighted by atomic mass is 10.1. The number of aromatic nitrogens is 1. The van der Waals surface area contributed by atoms with Crippen LogP contribution in [0.15, 0.2) is 17.2 Å². The SMILES string of the molecule is CCC(C)CN(CC)S(=O)(=O)c1cc(CCl)n(CC)c1. The minimum atomic E-state index is -3.42. The van der Waals surface area contributed by atoms with Crippen LogP contribution in [0.25, 0.3) is 0 Å². The number of aryl methyl sites for hydroxylation is 1. The summed E-state index contributed by atoms with van der Waals surface area (Å²) in [6.45, 7) is 9.75. The minimum absolute atomic E-state index is 0.320. The maximum absolute atomic E-state index is 12.7. The van der Waals surface area contributed by atoms with E-state index in [4.69, 9.17) is 11.6 Å². The normalized spacial score (nSPS) is 13.9. The lowest BCUT2D eigenvalue weighted by molar-refractivity contribution is 0.361. The Balaban J connectivity index is 3.10. The van der Waals surface area contributed by atoms with E-state index in [1.54, 1.807) is 16.6 Å². The molecule has 116 valence electrons. The molecule has 1 aromatic heterocycles. The fourth-order valence-corrected chi connectivity index (χ4v) is 3.96. The molecular formula is C14H25ClN2O2S. The fourth-order valence-electron chi connectivity index (χ4n) is 2.09. The van der Waals surface area contributed by atoms with Crippen LogP contribution in [0.5, 0.6) is 0 Å². The molecule has 1 atom stereocenters. The molecule has 1 aromatic rings. The molecule has 0 saturated heterocycles. The highest BCUT2D eigenvalue weighted by atomic mass is 35.5. The quantitative estimate of drug-likeness (QED) is 0.690. The molecule has 0 fully saturated rings. The number of alkyl halides is 1. The van der Waals surface area contributed by atoms with Crippen molar-refractivity contribution in [3.8, 4) is 0 Å². The molecule has 0 saturated carbocycles. The molecule has 0 spiro atoms. The van der Waals surface area contributed by atoms with Gasteiger partial charge in [0, 0.05) is 31.5 Å². The van der Waals surface area contributed by atoms with E-state index in [0.717, 1.165) is 18.7 Å². The molecule has 0 aromatic carbocycles. The Hall–Kier alpha value is -0.520. The smallest absolute Gasteiger partial charge is 0.244 e. The number of rotatable bonds is 8. The lowest BCUT2D eigenvalue weighted by Crippen LogP contribution is -2.34. The second-order valence-electron chi connectivity index (χ2n) is 5.06. The van der Waals surface area contributed by atoms with Gasteiger partial charge in [-0.2, -0.15) is 4.31 Å². The van der Waals surface area contributed by atoms with Crippen LogP contribution in [-0.4, -0.2) is 30.4 Å². The van der Waals surface area contributed by atoms with Gasteiger partial charge in [-0.25, -0.2) is 8.42 Å². The first-order chi connectivity index (χ1) is 9.40. The van der Waals surface area contributed by atoms with Crippen LogP contribution >= 0.6 is 11.6 Å². The molecule has 0 aliphatic rings. The van der Waals surface area contributed by atoms with Gasteiger partial charge in [0.1, 0.15) is 4.90 Å².